The van der Waals surface area contributed by atoms with Crippen molar-refractivity contribution < 1.29 is 13.2 Å². The van der Waals surface area contributed by atoms with Crippen LogP contribution in [-0.2, 0) is 14.6 Å². The molecule has 0 aromatic carbocycles. The fourth-order valence-corrected chi connectivity index (χ4v) is 5.75. The van der Waals surface area contributed by atoms with Crippen molar-refractivity contribution in [1.82, 2.24) is 10.6 Å². The van der Waals surface area contributed by atoms with Crippen molar-refractivity contribution in [1.29, 1.82) is 0 Å². The highest BCUT2D eigenvalue weighted by Crippen LogP contribution is 2.29. The summed E-state index contributed by atoms with van der Waals surface area (Å²) in [5, 5.41) is 4.75. The maximum absolute atomic E-state index is 12.9. The standard InChI is InChI=1S/C16H32N2O3S.ClH/c1-5-17-13(4)11-18-16(19)15(12(2)3)22(20,21)14-9-7-6-8-10-14;/h12-15,17H,5-11H2,1-4H3,(H,18,19);1H/t13-,15?;/m1./s1. The topological polar surface area (TPSA) is 75.3 Å². The minimum atomic E-state index is -3.42. The zero-order valence-electron chi connectivity index (χ0n) is 14.8. The van der Waals surface area contributed by atoms with Crippen LogP contribution in [0.15, 0.2) is 0 Å². The molecule has 5 nitrogen and oxygen atoms in total. The Hall–Kier alpha value is -0.330. The van der Waals surface area contributed by atoms with Crippen LogP contribution in [0.25, 0.3) is 0 Å². The number of nitrogens with one attached hydrogen (secondary N) is 2. The summed E-state index contributed by atoms with van der Waals surface area (Å²) in [4.78, 5) is 12.5. The Balaban J connectivity index is 0.00000484. The Kier molecular flexibility index (Phi) is 10.4. The summed E-state index contributed by atoms with van der Waals surface area (Å²) >= 11 is 0. The summed E-state index contributed by atoms with van der Waals surface area (Å²) in [6, 6.07) is 0.138. The molecule has 0 aliphatic heterocycles. The highest BCUT2D eigenvalue weighted by molar-refractivity contribution is 7.93. The second-order valence-electron chi connectivity index (χ2n) is 6.72. The molecule has 0 aromatic heterocycles. The number of rotatable bonds is 8. The largest absolute Gasteiger partial charge is 0.353 e. The monoisotopic (exact) mass is 368 g/mol. The number of halogens is 1. The number of hydrogen-bond donors (Lipinski definition) is 2. The van der Waals surface area contributed by atoms with Gasteiger partial charge < -0.3 is 10.6 Å². The number of likely N-dealkylation sites (N-methyl/N-ethyl adjacent to an activating group) is 1. The van der Waals surface area contributed by atoms with E-state index in [-0.39, 0.29) is 35.5 Å². The van der Waals surface area contributed by atoms with Crippen molar-refractivity contribution in [2.75, 3.05) is 13.1 Å². The van der Waals surface area contributed by atoms with E-state index in [2.05, 4.69) is 10.6 Å². The molecule has 1 fully saturated rings. The zero-order valence-corrected chi connectivity index (χ0v) is 16.4. The van der Waals surface area contributed by atoms with Gasteiger partial charge in [-0.2, -0.15) is 0 Å². The molecule has 1 unspecified atom stereocenters. The van der Waals surface area contributed by atoms with E-state index in [0.717, 1.165) is 25.8 Å². The molecule has 23 heavy (non-hydrogen) atoms. The van der Waals surface area contributed by atoms with E-state index < -0.39 is 15.1 Å². The molecule has 2 atom stereocenters. The molecule has 0 saturated heterocycles. The second-order valence-corrected chi connectivity index (χ2v) is 9.07. The first-order valence-electron chi connectivity index (χ1n) is 8.54. The minimum absolute atomic E-state index is 0. The van der Waals surface area contributed by atoms with E-state index in [4.69, 9.17) is 0 Å². The smallest absolute Gasteiger partial charge is 0.238 e. The Morgan fingerprint density at radius 1 is 1.13 bits per heavy atom. The van der Waals surface area contributed by atoms with Gasteiger partial charge in [0.05, 0.1) is 5.25 Å². The van der Waals surface area contributed by atoms with Crippen LogP contribution in [0.3, 0.4) is 0 Å². The molecular formula is C16H33ClN2O3S. The van der Waals surface area contributed by atoms with E-state index in [9.17, 15) is 13.2 Å². The van der Waals surface area contributed by atoms with Crippen LogP contribution in [0.2, 0.25) is 0 Å². The van der Waals surface area contributed by atoms with Crippen LogP contribution in [0.5, 0.6) is 0 Å². The zero-order chi connectivity index (χ0) is 16.8. The molecule has 1 amide bonds. The van der Waals surface area contributed by atoms with Crippen LogP contribution in [0.4, 0.5) is 0 Å². The van der Waals surface area contributed by atoms with Gasteiger partial charge in [0.1, 0.15) is 5.25 Å². The number of hydrogen-bond acceptors (Lipinski definition) is 4. The third-order valence-electron chi connectivity index (χ3n) is 4.37. The normalized spacial score (nSPS) is 19.0. The molecule has 0 heterocycles. The maximum atomic E-state index is 12.9. The van der Waals surface area contributed by atoms with Crippen molar-refractivity contribution >= 4 is 28.2 Å². The van der Waals surface area contributed by atoms with Crippen molar-refractivity contribution in [2.24, 2.45) is 5.92 Å². The summed E-state index contributed by atoms with van der Waals surface area (Å²) in [6.07, 6.45) is 4.41. The van der Waals surface area contributed by atoms with Crippen LogP contribution in [-0.4, -0.2) is 44.0 Å². The average Bonchev–Trinajstić information content (AvgIpc) is 2.46. The first-order valence-corrected chi connectivity index (χ1v) is 10.2. The van der Waals surface area contributed by atoms with Crippen molar-refractivity contribution in [2.45, 2.75) is 76.3 Å². The van der Waals surface area contributed by atoms with E-state index >= 15 is 0 Å². The lowest BCUT2D eigenvalue weighted by Gasteiger charge is -2.28. The molecule has 1 aliphatic carbocycles. The molecule has 0 aromatic rings. The van der Waals surface area contributed by atoms with E-state index in [1.165, 1.54) is 0 Å². The molecule has 0 radical (unpaired) electrons. The molecule has 1 aliphatic rings. The lowest BCUT2D eigenvalue weighted by molar-refractivity contribution is -0.121. The molecule has 0 bridgehead atoms. The SMILES string of the molecule is CCN[C@H](C)CNC(=O)C(C(C)C)S(=O)(=O)C1CCCCC1.Cl. The van der Waals surface area contributed by atoms with Gasteiger partial charge in [0, 0.05) is 12.6 Å². The van der Waals surface area contributed by atoms with Gasteiger partial charge in [0.2, 0.25) is 5.91 Å². The third-order valence-corrected chi connectivity index (χ3v) is 7.24. The van der Waals surface area contributed by atoms with Crippen molar-refractivity contribution in [3.05, 3.63) is 0 Å². The number of sulfone groups is 1. The Morgan fingerprint density at radius 3 is 2.17 bits per heavy atom. The lowest BCUT2D eigenvalue weighted by atomic mass is 10.0. The Bertz CT molecular complexity index is 448. The van der Waals surface area contributed by atoms with Gasteiger partial charge in [-0.1, -0.05) is 40.0 Å². The summed E-state index contributed by atoms with van der Waals surface area (Å²) in [6.45, 7) is 8.89. The summed E-state index contributed by atoms with van der Waals surface area (Å²) in [7, 11) is -3.42. The molecule has 1 saturated carbocycles. The fourth-order valence-electron chi connectivity index (χ4n) is 3.21. The van der Waals surface area contributed by atoms with E-state index in [1.807, 2.05) is 27.7 Å². The minimum Gasteiger partial charge on any atom is -0.353 e. The molecular weight excluding hydrogens is 336 g/mol. The fraction of sp³-hybridized carbons (Fsp3) is 0.938. The molecule has 7 heteroatoms. The van der Waals surface area contributed by atoms with Crippen LogP contribution in [0, 0.1) is 5.92 Å². The third kappa shape index (κ3) is 6.59. The lowest BCUT2D eigenvalue weighted by Crippen LogP contribution is -2.49. The van der Waals surface area contributed by atoms with Gasteiger partial charge in [-0.15, -0.1) is 12.4 Å². The highest BCUT2D eigenvalue weighted by atomic mass is 35.5. The number of carbonyl (C=O) groups excluding carboxylic acids is 1. The molecule has 2 N–H and O–H groups in total. The maximum Gasteiger partial charge on any atom is 0.238 e. The van der Waals surface area contributed by atoms with E-state index in [0.29, 0.717) is 19.4 Å². The van der Waals surface area contributed by atoms with Gasteiger partial charge in [0.25, 0.3) is 0 Å². The van der Waals surface area contributed by atoms with Crippen molar-refractivity contribution in [3.8, 4) is 0 Å². The van der Waals surface area contributed by atoms with Gasteiger partial charge in [-0.3, -0.25) is 4.79 Å². The van der Waals surface area contributed by atoms with Gasteiger partial charge in [0.15, 0.2) is 9.84 Å². The van der Waals surface area contributed by atoms with Gasteiger partial charge in [-0.25, -0.2) is 8.42 Å². The summed E-state index contributed by atoms with van der Waals surface area (Å²) < 4.78 is 25.7. The second kappa shape index (κ2) is 10.5. The first-order chi connectivity index (χ1) is 10.3. The predicted octanol–water partition coefficient (Wildman–Crippen LogP) is 2.29. The van der Waals surface area contributed by atoms with E-state index in [1.54, 1.807) is 0 Å². The van der Waals surface area contributed by atoms with Gasteiger partial charge in [-0.05, 0) is 32.2 Å². The Morgan fingerprint density at radius 2 is 1.70 bits per heavy atom. The highest BCUT2D eigenvalue weighted by Gasteiger charge is 2.40. The molecule has 1 rings (SSSR count). The van der Waals surface area contributed by atoms with Crippen molar-refractivity contribution in [3.63, 3.8) is 0 Å². The van der Waals surface area contributed by atoms with Gasteiger partial charge >= 0.3 is 0 Å². The first kappa shape index (κ1) is 22.7. The van der Waals surface area contributed by atoms with Crippen LogP contribution in [0.1, 0.15) is 59.8 Å². The summed E-state index contributed by atoms with van der Waals surface area (Å²) in [5.74, 6) is -0.549. The Labute approximate surface area is 147 Å². The summed E-state index contributed by atoms with van der Waals surface area (Å²) in [5.41, 5.74) is 0. The number of carbonyl (C=O) groups is 1. The van der Waals surface area contributed by atoms with Crippen LogP contribution >= 0.6 is 12.4 Å². The average molecular weight is 369 g/mol. The molecule has 0 spiro atoms. The predicted molar refractivity (Wildman–Crippen MR) is 97.8 cm³/mol. The quantitative estimate of drug-likeness (QED) is 0.689. The molecule has 138 valence electrons. The van der Waals surface area contributed by atoms with Crippen LogP contribution < -0.4 is 10.6 Å². The number of amides is 1.